The van der Waals surface area contributed by atoms with E-state index in [4.69, 9.17) is 0 Å². The lowest BCUT2D eigenvalue weighted by atomic mass is 9.86. The lowest BCUT2D eigenvalue weighted by Gasteiger charge is -2.19. The number of hydrogen-bond acceptors (Lipinski definition) is 0. The quantitative estimate of drug-likeness (QED) is 0.447. The second-order valence-electron chi connectivity index (χ2n) is 4.21. The van der Waals surface area contributed by atoms with Crippen molar-refractivity contribution in [3.8, 4) is 0 Å². The zero-order valence-corrected chi connectivity index (χ0v) is 6.29. The van der Waals surface area contributed by atoms with Gasteiger partial charge < -0.3 is 0 Å². The highest BCUT2D eigenvalue weighted by Gasteiger charge is 2.46. The van der Waals surface area contributed by atoms with Gasteiger partial charge in [0.15, 0.2) is 0 Å². The van der Waals surface area contributed by atoms with Crippen molar-refractivity contribution in [3.05, 3.63) is 12.2 Å². The Morgan fingerprint density at radius 2 is 1.50 bits per heavy atom. The van der Waals surface area contributed by atoms with Crippen molar-refractivity contribution in [2.75, 3.05) is 0 Å². The maximum Gasteiger partial charge on any atom is -0.0196 e. The van der Waals surface area contributed by atoms with Crippen molar-refractivity contribution in [1.82, 2.24) is 0 Å². The van der Waals surface area contributed by atoms with Crippen LogP contribution in [0.3, 0.4) is 0 Å². The summed E-state index contributed by atoms with van der Waals surface area (Å²) in [5.41, 5.74) is 0. The molecule has 0 radical (unpaired) electrons. The van der Waals surface area contributed by atoms with Crippen LogP contribution in [0.4, 0.5) is 0 Å². The minimum absolute atomic E-state index is 1.01. The second kappa shape index (κ2) is 1.66. The van der Waals surface area contributed by atoms with E-state index in [0.29, 0.717) is 0 Å². The molecule has 10 heavy (non-hydrogen) atoms. The molecule has 2 saturated carbocycles. The van der Waals surface area contributed by atoms with Crippen LogP contribution in [0, 0.1) is 23.7 Å². The van der Waals surface area contributed by atoms with Crippen molar-refractivity contribution in [2.45, 2.75) is 25.7 Å². The molecule has 0 heteroatoms. The molecule has 3 aliphatic rings. The molecule has 0 N–H and O–H groups in total. The Kier molecular flexibility index (Phi) is 0.898. The van der Waals surface area contributed by atoms with Gasteiger partial charge in [-0.15, -0.1) is 0 Å². The monoisotopic (exact) mass is 134 g/mol. The van der Waals surface area contributed by atoms with Gasteiger partial charge in [0.25, 0.3) is 0 Å². The van der Waals surface area contributed by atoms with Gasteiger partial charge in [-0.25, -0.2) is 0 Å². The Bertz CT molecular complexity index is 162. The molecule has 3 aliphatic carbocycles. The molecule has 0 aromatic carbocycles. The van der Waals surface area contributed by atoms with Crippen molar-refractivity contribution in [1.29, 1.82) is 0 Å². The van der Waals surface area contributed by atoms with Gasteiger partial charge in [-0.1, -0.05) is 18.6 Å². The first-order valence-electron chi connectivity index (χ1n) is 4.63. The summed E-state index contributed by atoms with van der Waals surface area (Å²) in [7, 11) is 0. The number of hydrogen-bond donors (Lipinski definition) is 0. The molecule has 0 saturated heterocycles. The molecule has 0 unspecified atom stereocenters. The van der Waals surface area contributed by atoms with Crippen LogP contribution in [-0.2, 0) is 0 Å². The van der Waals surface area contributed by atoms with E-state index in [0.717, 1.165) is 23.7 Å². The lowest BCUT2D eigenvalue weighted by Crippen LogP contribution is -2.12. The summed E-state index contributed by atoms with van der Waals surface area (Å²) in [6.07, 6.45) is 11.1. The highest BCUT2D eigenvalue weighted by atomic mass is 14.5. The van der Waals surface area contributed by atoms with Gasteiger partial charge in [-0.05, 0) is 42.9 Å². The Morgan fingerprint density at radius 3 is 2.10 bits per heavy atom. The van der Waals surface area contributed by atoms with E-state index in [-0.39, 0.29) is 0 Å². The summed E-state index contributed by atoms with van der Waals surface area (Å²) in [5, 5.41) is 0. The van der Waals surface area contributed by atoms with E-state index in [9.17, 15) is 0 Å². The van der Waals surface area contributed by atoms with E-state index in [2.05, 4.69) is 12.2 Å². The summed E-state index contributed by atoms with van der Waals surface area (Å²) >= 11 is 0. The van der Waals surface area contributed by atoms with Crippen LogP contribution < -0.4 is 0 Å². The SMILES string of the molecule is C1=C[C@H]2C[C@H]1[C@@H]1CCC[C@H]12. The molecule has 2 bridgehead atoms. The lowest BCUT2D eigenvalue weighted by molar-refractivity contribution is 0.364. The van der Waals surface area contributed by atoms with Crippen LogP contribution in [0.2, 0.25) is 0 Å². The van der Waals surface area contributed by atoms with Crippen molar-refractivity contribution < 1.29 is 0 Å². The van der Waals surface area contributed by atoms with Gasteiger partial charge in [-0.2, -0.15) is 0 Å². The highest BCUT2D eigenvalue weighted by molar-refractivity contribution is 5.14. The highest BCUT2D eigenvalue weighted by Crippen LogP contribution is 2.55. The smallest absolute Gasteiger partial charge is 0.0196 e. The van der Waals surface area contributed by atoms with Crippen LogP contribution >= 0.6 is 0 Å². The number of fused-ring (bicyclic) bond motifs is 5. The van der Waals surface area contributed by atoms with Gasteiger partial charge >= 0.3 is 0 Å². The normalized spacial score (nSPS) is 56.0. The third kappa shape index (κ3) is 0.492. The third-order valence-corrected chi connectivity index (χ3v) is 3.87. The van der Waals surface area contributed by atoms with E-state index in [1.165, 1.54) is 25.7 Å². The Morgan fingerprint density at radius 1 is 0.900 bits per heavy atom. The predicted molar refractivity (Wildman–Crippen MR) is 41.6 cm³/mol. The van der Waals surface area contributed by atoms with Gasteiger partial charge in [0, 0.05) is 0 Å². The van der Waals surface area contributed by atoms with E-state index < -0.39 is 0 Å². The van der Waals surface area contributed by atoms with Gasteiger partial charge in [-0.3, -0.25) is 0 Å². The van der Waals surface area contributed by atoms with E-state index in [1.54, 1.807) is 0 Å². The zero-order chi connectivity index (χ0) is 6.55. The first-order valence-corrected chi connectivity index (χ1v) is 4.63. The second-order valence-corrected chi connectivity index (χ2v) is 4.21. The summed E-state index contributed by atoms with van der Waals surface area (Å²) < 4.78 is 0. The van der Waals surface area contributed by atoms with E-state index >= 15 is 0 Å². The molecular weight excluding hydrogens is 120 g/mol. The maximum atomic E-state index is 2.48. The molecule has 4 atom stereocenters. The molecule has 3 rings (SSSR count). The molecule has 0 amide bonds. The minimum atomic E-state index is 1.01. The Hall–Kier alpha value is -0.260. The largest absolute Gasteiger partial charge is 0.0848 e. The zero-order valence-electron chi connectivity index (χ0n) is 6.29. The van der Waals surface area contributed by atoms with Crippen LogP contribution in [0.5, 0.6) is 0 Å². The molecule has 54 valence electrons. The molecule has 0 aromatic heterocycles. The maximum absolute atomic E-state index is 2.48. The number of allylic oxidation sites excluding steroid dienone is 2. The Labute approximate surface area is 62.3 Å². The van der Waals surface area contributed by atoms with Crippen molar-refractivity contribution in [3.63, 3.8) is 0 Å². The fourth-order valence-electron chi connectivity index (χ4n) is 3.47. The number of rotatable bonds is 0. The fourth-order valence-corrected chi connectivity index (χ4v) is 3.47. The summed E-state index contributed by atoms with van der Waals surface area (Å²) in [5.74, 6) is 4.26. The molecule has 0 nitrogen and oxygen atoms in total. The summed E-state index contributed by atoms with van der Waals surface area (Å²) in [6, 6.07) is 0. The van der Waals surface area contributed by atoms with Crippen LogP contribution in [0.1, 0.15) is 25.7 Å². The van der Waals surface area contributed by atoms with E-state index in [1.807, 2.05) is 0 Å². The predicted octanol–water partition coefficient (Wildman–Crippen LogP) is 2.61. The van der Waals surface area contributed by atoms with Crippen LogP contribution in [0.15, 0.2) is 12.2 Å². The molecule has 2 fully saturated rings. The van der Waals surface area contributed by atoms with Gasteiger partial charge in [0.1, 0.15) is 0 Å². The molecular formula is C10H14. The Balaban J connectivity index is 1.99. The third-order valence-electron chi connectivity index (χ3n) is 3.87. The first-order chi connectivity index (χ1) is 4.95. The topological polar surface area (TPSA) is 0 Å². The average Bonchev–Trinajstić information content (AvgIpc) is 2.60. The van der Waals surface area contributed by atoms with Gasteiger partial charge in [0.05, 0.1) is 0 Å². The van der Waals surface area contributed by atoms with Crippen LogP contribution in [-0.4, -0.2) is 0 Å². The minimum Gasteiger partial charge on any atom is -0.0848 e. The van der Waals surface area contributed by atoms with Crippen molar-refractivity contribution in [2.24, 2.45) is 23.7 Å². The fraction of sp³-hybridized carbons (Fsp3) is 0.800. The van der Waals surface area contributed by atoms with Crippen LogP contribution in [0.25, 0.3) is 0 Å². The standard InChI is InChI=1S/C10H14/c1-2-9-7-4-5-8(6-7)10(9)3-1/h4-5,7-10H,1-3,6H2/t7-,8-,9-,10-/m0/s1. The molecule has 0 aromatic rings. The average molecular weight is 134 g/mol. The molecule has 0 heterocycles. The van der Waals surface area contributed by atoms with Gasteiger partial charge in [0.2, 0.25) is 0 Å². The summed E-state index contributed by atoms with van der Waals surface area (Å²) in [6.45, 7) is 0. The summed E-state index contributed by atoms with van der Waals surface area (Å²) in [4.78, 5) is 0. The first kappa shape index (κ1) is 5.40. The molecule has 0 spiro atoms. The molecule has 0 aliphatic heterocycles. The van der Waals surface area contributed by atoms with Crippen molar-refractivity contribution >= 4 is 0 Å².